The Morgan fingerprint density at radius 1 is 1.53 bits per heavy atom. The van der Waals surface area contributed by atoms with E-state index in [1.807, 2.05) is 6.26 Å². The van der Waals surface area contributed by atoms with Gasteiger partial charge in [0.05, 0.1) is 4.92 Å². The highest BCUT2D eigenvalue weighted by molar-refractivity contribution is 7.98. The van der Waals surface area contributed by atoms with Gasteiger partial charge in [-0.25, -0.2) is 0 Å². The molecule has 1 aromatic rings. The molecule has 0 aliphatic heterocycles. The molecular weight excluding hydrogens is 234 g/mol. The Bertz CT molecular complexity index is 357. The third-order valence-corrected chi connectivity index (χ3v) is 3.10. The monoisotopic (exact) mass is 245 g/mol. The Kier molecular flexibility index (Phi) is 4.91. The minimum atomic E-state index is -0.394. The number of nitrogens with zero attached hydrogens (tertiary/aromatic N) is 1. The van der Waals surface area contributed by atoms with E-state index in [1.54, 1.807) is 23.9 Å². The van der Waals surface area contributed by atoms with E-state index in [9.17, 15) is 10.1 Å². The van der Waals surface area contributed by atoms with Gasteiger partial charge in [-0.1, -0.05) is 11.6 Å². The molecule has 15 heavy (non-hydrogen) atoms. The summed E-state index contributed by atoms with van der Waals surface area (Å²) >= 11 is 7.71. The van der Waals surface area contributed by atoms with E-state index in [1.165, 1.54) is 6.07 Å². The first-order valence-electron chi connectivity index (χ1n) is 4.57. The van der Waals surface area contributed by atoms with Crippen LogP contribution in [0.25, 0.3) is 0 Å². The molecule has 0 amide bonds. The van der Waals surface area contributed by atoms with Crippen molar-refractivity contribution in [1.29, 1.82) is 0 Å². The van der Waals surface area contributed by atoms with Crippen LogP contribution in [0, 0.1) is 10.1 Å². The maximum atomic E-state index is 10.6. The van der Waals surface area contributed by atoms with Crippen LogP contribution < -0.4 is 0 Å². The predicted octanol–water partition coefficient (Wildman–Crippen LogP) is 3.54. The van der Waals surface area contributed by atoms with Crippen molar-refractivity contribution in [3.63, 3.8) is 0 Å². The van der Waals surface area contributed by atoms with E-state index in [2.05, 4.69) is 0 Å². The van der Waals surface area contributed by atoms with E-state index in [-0.39, 0.29) is 5.69 Å². The summed E-state index contributed by atoms with van der Waals surface area (Å²) in [5, 5.41) is 11.2. The molecule has 0 aromatic heterocycles. The van der Waals surface area contributed by atoms with Crippen molar-refractivity contribution in [1.82, 2.24) is 0 Å². The SMILES string of the molecule is CSCCCc1cc([N+](=O)[O-])ccc1Cl. The maximum absolute atomic E-state index is 10.6. The lowest BCUT2D eigenvalue weighted by Crippen LogP contribution is -1.93. The number of nitro groups is 1. The highest BCUT2D eigenvalue weighted by Gasteiger charge is 2.08. The number of rotatable bonds is 5. The summed E-state index contributed by atoms with van der Waals surface area (Å²) < 4.78 is 0. The van der Waals surface area contributed by atoms with Gasteiger partial charge < -0.3 is 0 Å². The third-order valence-electron chi connectivity index (χ3n) is 2.03. The molecule has 0 radical (unpaired) electrons. The Morgan fingerprint density at radius 2 is 2.27 bits per heavy atom. The minimum Gasteiger partial charge on any atom is -0.258 e. The molecule has 1 rings (SSSR count). The molecule has 1 aromatic carbocycles. The largest absolute Gasteiger partial charge is 0.269 e. The van der Waals surface area contributed by atoms with E-state index in [0.29, 0.717) is 5.02 Å². The van der Waals surface area contributed by atoms with Gasteiger partial charge in [-0.15, -0.1) is 0 Å². The van der Waals surface area contributed by atoms with Gasteiger partial charge in [0.2, 0.25) is 0 Å². The molecule has 0 heterocycles. The van der Waals surface area contributed by atoms with E-state index in [4.69, 9.17) is 11.6 Å². The standard InChI is InChI=1S/C10H12ClNO2S/c1-15-6-2-3-8-7-9(12(13)14)4-5-10(8)11/h4-5,7H,2-3,6H2,1H3. The van der Waals surface area contributed by atoms with Crippen molar-refractivity contribution in [2.45, 2.75) is 12.8 Å². The summed E-state index contributed by atoms with van der Waals surface area (Å²) in [5.74, 6) is 1.04. The fourth-order valence-electron chi connectivity index (χ4n) is 1.27. The first kappa shape index (κ1) is 12.3. The first-order chi connectivity index (χ1) is 7.15. The van der Waals surface area contributed by atoms with Crippen molar-refractivity contribution in [3.8, 4) is 0 Å². The average Bonchev–Trinajstić information content (AvgIpc) is 2.20. The normalized spacial score (nSPS) is 10.3. The number of hydrogen-bond acceptors (Lipinski definition) is 3. The number of benzene rings is 1. The second kappa shape index (κ2) is 5.98. The zero-order valence-corrected chi connectivity index (χ0v) is 9.98. The number of nitro benzene ring substituents is 1. The van der Waals surface area contributed by atoms with Crippen molar-refractivity contribution in [2.75, 3.05) is 12.0 Å². The van der Waals surface area contributed by atoms with Crippen LogP contribution >= 0.6 is 23.4 Å². The fraction of sp³-hybridized carbons (Fsp3) is 0.400. The minimum absolute atomic E-state index is 0.110. The molecule has 0 N–H and O–H groups in total. The molecule has 0 spiro atoms. The van der Waals surface area contributed by atoms with Crippen LogP contribution in [0.2, 0.25) is 5.02 Å². The second-order valence-electron chi connectivity index (χ2n) is 3.13. The molecule has 0 saturated heterocycles. The topological polar surface area (TPSA) is 43.1 Å². The molecule has 5 heteroatoms. The van der Waals surface area contributed by atoms with Crippen LogP contribution in [-0.4, -0.2) is 16.9 Å². The smallest absolute Gasteiger partial charge is 0.258 e. The van der Waals surface area contributed by atoms with Crippen molar-refractivity contribution >= 4 is 29.1 Å². The first-order valence-corrected chi connectivity index (χ1v) is 6.34. The number of hydrogen-bond donors (Lipinski definition) is 0. The molecule has 0 atom stereocenters. The van der Waals surface area contributed by atoms with Gasteiger partial charge in [0, 0.05) is 17.2 Å². The zero-order chi connectivity index (χ0) is 11.3. The summed E-state index contributed by atoms with van der Waals surface area (Å²) in [6.07, 6.45) is 3.82. The van der Waals surface area contributed by atoms with Crippen LogP contribution in [0.4, 0.5) is 5.69 Å². The molecular formula is C10H12ClNO2S. The van der Waals surface area contributed by atoms with Crippen LogP contribution in [0.15, 0.2) is 18.2 Å². The van der Waals surface area contributed by atoms with Crippen molar-refractivity contribution in [2.24, 2.45) is 0 Å². The van der Waals surface area contributed by atoms with Gasteiger partial charge in [0.25, 0.3) is 5.69 Å². The van der Waals surface area contributed by atoms with Crippen molar-refractivity contribution < 1.29 is 4.92 Å². The molecule has 0 aliphatic carbocycles. The van der Waals surface area contributed by atoms with E-state index in [0.717, 1.165) is 24.2 Å². The molecule has 0 saturated carbocycles. The second-order valence-corrected chi connectivity index (χ2v) is 4.52. The molecule has 0 unspecified atom stereocenters. The molecule has 0 fully saturated rings. The third kappa shape index (κ3) is 3.72. The summed E-state index contributed by atoms with van der Waals surface area (Å²) in [5.41, 5.74) is 0.971. The van der Waals surface area contributed by atoms with Crippen LogP contribution in [-0.2, 0) is 6.42 Å². The predicted molar refractivity (Wildman–Crippen MR) is 64.8 cm³/mol. The molecule has 82 valence electrons. The number of aryl methyl sites for hydroxylation is 1. The fourth-order valence-corrected chi connectivity index (χ4v) is 1.92. The summed E-state index contributed by atoms with van der Waals surface area (Å²) in [7, 11) is 0. The van der Waals surface area contributed by atoms with Gasteiger partial charge >= 0.3 is 0 Å². The average molecular weight is 246 g/mol. The summed E-state index contributed by atoms with van der Waals surface area (Å²) in [6.45, 7) is 0. The Labute approximate surface area is 98.0 Å². The van der Waals surface area contributed by atoms with Gasteiger partial charge in [-0.05, 0) is 36.5 Å². The Balaban J connectivity index is 2.76. The van der Waals surface area contributed by atoms with Crippen LogP contribution in [0.5, 0.6) is 0 Å². The van der Waals surface area contributed by atoms with Crippen LogP contribution in [0.1, 0.15) is 12.0 Å². The number of non-ortho nitro benzene ring substituents is 1. The quantitative estimate of drug-likeness (QED) is 0.453. The highest BCUT2D eigenvalue weighted by atomic mass is 35.5. The van der Waals surface area contributed by atoms with Gasteiger partial charge in [-0.2, -0.15) is 11.8 Å². The Morgan fingerprint density at radius 3 is 2.87 bits per heavy atom. The van der Waals surface area contributed by atoms with Crippen molar-refractivity contribution in [3.05, 3.63) is 38.9 Å². The molecule has 0 bridgehead atoms. The highest BCUT2D eigenvalue weighted by Crippen LogP contribution is 2.23. The molecule has 0 aliphatic rings. The van der Waals surface area contributed by atoms with Gasteiger partial charge in [-0.3, -0.25) is 10.1 Å². The summed E-state index contributed by atoms with van der Waals surface area (Å²) in [4.78, 5) is 10.2. The maximum Gasteiger partial charge on any atom is 0.269 e. The molecule has 3 nitrogen and oxygen atoms in total. The number of halogens is 1. The van der Waals surface area contributed by atoms with Gasteiger partial charge in [0.15, 0.2) is 0 Å². The lowest BCUT2D eigenvalue weighted by atomic mass is 10.1. The van der Waals surface area contributed by atoms with Crippen LogP contribution in [0.3, 0.4) is 0 Å². The zero-order valence-electron chi connectivity index (χ0n) is 8.40. The number of thioether (sulfide) groups is 1. The van der Waals surface area contributed by atoms with E-state index < -0.39 is 4.92 Å². The lowest BCUT2D eigenvalue weighted by Gasteiger charge is -2.03. The van der Waals surface area contributed by atoms with E-state index >= 15 is 0 Å². The summed E-state index contributed by atoms with van der Waals surface area (Å²) in [6, 6.07) is 4.58. The Hall–Kier alpha value is -0.740. The van der Waals surface area contributed by atoms with Gasteiger partial charge in [0.1, 0.15) is 0 Å². The lowest BCUT2D eigenvalue weighted by molar-refractivity contribution is -0.384.